The fourth-order valence-electron chi connectivity index (χ4n) is 2.41. The molecule has 0 saturated carbocycles. The molecular formula is C14H17NO2. The van der Waals surface area contributed by atoms with E-state index in [1.807, 2.05) is 35.2 Å². The SMILES string of the molecule is C=CCCN1CCc2ccccc2C1C(=O)O. The summed E-state index contributed by atoms with van der Waals surface area (Å²) in [4.78, 5) is 13.4. The zero-order valence-electron chi connectivity index (χ0n) is 9.80. The Morgan fingerprint density at radius 3 is 3.00 bits per heavy atom. The molecule has 1 aliphatic heterocycles. The van der Waals surface area contributed by atoms with Crippen LogP contribution in [0.3, 0.4) is 0 Å². The van der Waals surface area contributed by atoms with Crippen LogP contribution < -0.4 is 0 Å². The molecule has 1 unspecified atom stereocenters. The normalized spacial score (nSPS) is 19.6. The molecule has 0 saturated heterocycles. The predicted octanol–water partition coefficient (Wildman–Crippen LogP) is 2.25. The fourth-order valence-corrected chi connectivity index (χ4v) is 2.41. The zero-order chi connectivity index (χ0) is 12.3. The molecule has 0 spiro atoms. The summed E-state index contributed by atoms with van der Waals surface area (Å²) in [5.74, 6) is -0.763. The molecule has 1 aromatic rings. The van der Waals surface area contributed by atoms with Gasteiger partial charge in [0, 0.05) is 13.1 Å². The van der Waals surface area contributed by atoms with E-state index in [9.17, 15) is 9.90 Å². The van der Waals surface area contributed by atoms with Gasteiger partial charge >= 0.3 is 5.97 Å². The van der Waals surface area contributed by atoms with E-state index < -0.39 is 12.0 Å². The third-order valence-corrected chi connectivity index (χ3v) is 3.24. The van der Waals surface area contributed by atoms with Crippen LogP contribution in [0, 0.1) is 0 Å². The van der Waals surface area contributed by atoms with Gasteiger partial charge in [-0.05, 0) is 24.0 Å². The Morgan fingerprint density at radius 1 is 1.53 bits per heavy atom. The summed E-state index contributed by atoms with van der Waals surface area (Å²) in [6, 6.07) is 7.33. The van der Waals surface area contributed by atoms with Gasteiger partial charge in [-0.1, -0.05) is 30.3 Å². The molecule has 3 heteroatoms. The molecule has 2 rings (SSSR count). The van der Waals surface area contributed by atoms with Gasteiger partial charge in [0.05, 0.1) is 0 Å². The maximum Gasteiger partial charge on any atom is 0.325 e. The summed E-state index contributed by atoms with van der Waals surface area (Å²) in [5, 5.41) is 9.39. The van der Waals surface area contributed by atoms with Gasteiger partial charge in [-0.25, -0.2) is 0 Å². The van der Waals surface area contributed by atoms with E-state index in [-0.39, 0.29) is 0 Å². The summed E-state index contributed by atoms with van der Waals surface area (Å²) in [5.41, 5.74) is 2.10. The van der Waals surface area contributed by atoms with Gasteiger partial charge in [-0.2, -0.15) is 0 Å². The molecule has 3 nitrogen and oxygen atoms in total. The molecule has 0 amide bonds. The van der Waals surface area contributed by atoms with E-state index in [1.165, 1.54) is 0 Å². The predicted molar refractivity (Wildman–Crippen MR) is 66.9 cm³/mol. The van der Waals surface area contributed by atoms with Gasteiger partial charge in [0.25, 0.3) is 0 Å². The van der Waals surface area contributed by atoms with Crippen molar-refractivity contribution in [2.24, 2.45) is 0 Å². The maximum atomic E-state index is 11.4. The van der Waals surface area contributed by atoms with Gasteiger partial charge < -0.3 is 5.11 Å². The first-order valence-corrected chi connectivity index (χ1v) is 5.89. The third kappa shape index (κ3) is 2.39. The molecule has 0 aromatic heterocycles. The van der Waals surface area contributed by atoms with Crippen molar-refractivity contribution in [3.63, 3.8) is 0 Å². The molecule has 0 fully saturated rings. The highest BCUT2D eigenvalue weighted by atomic mass is 16.4. The van der Waals surface area contributed by atoms with Crippen molar-refractivity contribution in [2.45, 2.75) is 18.9 Å². The highest BCUT2D eigenvalue weighted by Gasteiger charge is 2.31. The average Bonchev–Trinajstić information content (AvgIpc) is 2.35. The van der Waals surface area contributed by atoms with E-state index in [0.29, 0.717) is 0 Å². The molecule has 0 radical (unpaired) electrons. The lowest BCUT2D eigenvalue weighted by Crippen LogP contribution is -2.40. The Kier molecular flexibility index (Phi) is 3.59. The van der Waals surface area contributed by atoms with Crippen LogP contribution in [0.25, 0.3) is 0 Å². The van der Waals surface area contributed by atoms with Gasteiger partial charge in [-0.3, -0.25) is 9.69 Å². The van der Waals surface area contributed by atoms with Crippen molar-refractivity contribution in [1.29, 1.82) is 0 Å². The number of carboxylic acid groups (broad SMARTS) is 1. The molecule has 1 aliphatic rings. The molecule has 1 N–H and O–H groups in total. The minimum Gasteiger partial charge on any atom is -0.480 e. The number of rotatable bonds is 4. The molecule has 1 heterocycles. The minimum atomic E-state index is -0.763. The number of aliphatic carboxylic acids is 1. The second-order valence-corrected chi connectivity index (χ2v) is 4.30. The van der Waals surface area contributed by atoms with E-state index in [4.69, 9.17) is 0 Å². The smallest absolute Gasteiger partial charge is 0.325 e. The number of carboxylic acids is 1. The number of hydrogen-bond donors (Lipinski definition) is 1. The maximum absolute atomic E-state index is 11.4. The van der Waals surface area contributed by atoms with E-state index in [2.05, 4.69) is 6.58 Å². The zero-order valence-corrected chi connectivity index (χ0v) is 9.80. The van der Waals surface area contributed by atoms with Crippen LogP contribution in [0.1, 0.15) is 23.6 Å². The van der Waals surface area contributed by atoms with Crippen LogP contribution in [0.15, 0.2) is 36.9 Å². The van der Waals surface area contributed by atoms with Gasteiger partial charge in [0.2, 0.25) is 0 Å². The van der Waals surface area contributed by atoms with Crippen LogP contribution in [0.4, 0.5) is 0 Å². The van der Waals surface area contributed by atoms with Gasteiger partial charge in [0.15, 0.2) is 0 Å². The Morgan fingerprint density at radius 2 is 2.29 bits per heavy atom. The quantitative estimate of drug-likeness (QED) is 0.808. The summed E-state index contributed by atoms with van der Waals surface area (Å²) in [7, 11) is 0. The molecule has 0 aliphatic carbocycles. The van der Waals surface area contributed by atoms with Crippen molar-refractivity contribution >= 4 is 5.97 Å². The van der Waals surface area contributed by atoms with Crippen LogP contribution in [0.5, 0.6) is 0 Å². The Bertz CT molecular complexity index is 428. The molecule has 17 heavy (non-hydrogen) atoms. The highest BCUT2D eigenvalue weighted by Crippen LogP contribution is 2.29. The Hall–Kier alpha value is -1.61. The standard InChI is InChI=1S/C14H17NO2/c1-2-3-9-15-10-8-11-6-4-5-7-12(11)13(15)14(16)17/h2,4-7,13H,1,3,8-10H2,(H,16,17). The summed E-state index contributed by atoms with van der Waals surface area (Å²) in [6.07, 6.45) is 3.59. The Labute approximate surface area is 101 Å². The van der Waals surface area contributed by atoms with E-state index in [0.717, 1.165) is 37.1 Å². The lowest BCUT2D eigenvalue weighted by atomic mass is 9.92. The first-order chi connectivity index (χ1) is 8.24. The van der Waals surface area contributed by atoms with Crippen molar-refractivity contribution in [1.82, 2.24) is 4.90 Å². The lowest BCUT2D eigenvalue weighted by molar-refractivity contribution is -0.144. The van der Waals surface area contributed by atoms with Crippen molar-refractivity contribution < 1.29 is 9.90 Å². The van der Waals surface area contributed by atoms with Crippen LogP contribution in [-0.4, -0.2) is 29.1 Å². The number of hydrogen-bond acceptors (Lipinski definition) is 2. The minimum absolute atomic E-state index is 0.500. The molecule has 0 bridgehead atoms. The van der Waals surface area contributed by atoms with Crippen LogP contribution in [-0.2, 0) is 11.2 Å². The van der Waals surface area contributed by atoms with Gasteiger partial charge in [0.1, 0.15) is 6.04 Å². The average molecular weight is 231 g/mol. The Balaban J connectivity index is 2.29. The first-order valence-electron chi connectivity index (χ1n) is 5.89. The lowest BCUT2D eigenvalue weighted by Gasteiger charge is -2.34. The topological polar surface area (TPSA) is 40.5 Å². The van der Waals surface area contributed by atoms with Crippen molar-refractivity contribution in [2.75, 3.05) is 13.1 Å². The van der Waals surface area contributed by atoms with E-state index in [1.54, 1.807) is 0 Å². The monoisotopic (exact) mass is 231 g/mol. The number of benzene rings is 1. The second kappa shape index (κ2) is 5.15. The van der Waals surface area contributed by atoms with Crippen LogP contribution in [0.2, 0.25) is 0 Å². The molecule has 1 atom stereocenters. The fraction of sp³-hybridized carbons (Fsp3) is 0.357. The van der Waals surface area contributed by atoms with Gasteiger partial charge in [-0.15, -0.1) is 6.58 Å². The van der Waals surface area contributed by atoms with Crippen molar-refractivity contribution in [3.05, 3.63) is 48.0 Å². The van der Waals surface area contributed by atoms with Crippen molar-refractivity contribution in [3.8, 4) is 0 Å². The molecular weight excluding hydrogens is 214 g/mol. The summed E-state index contributed by atoms with van der Waals surface area (Å²) >= 11 is 0. The summed E-state index contributed by atoms with van der Waals surface area (Å²) in [6.45, 7) is 5.25. The number of fused-ring (bicyclic) bond motifs is 1. The number of nitrogens with zero attached hydrogens (tertiary/aromatic N) is 1. The second-order valence-electron chi connectivity index (χ2n) is 4.30. The highest BCUT2D eigenvalue weighted by molar-refractivity contribution is 5.76. The number of carbonyl (C=O) groups is 1. The van der Waals surface area contributed by atoms with Crippen LogP contribution >= 0.6 is 0 Å². The molecule has 1 aromatic carbocycles. The third-order valence-electron chi connectivity index (χ3n) is 3.24. The largest absolute Gasteiger partial charge is 0.480 e. The summed E-state index contributed by atoms with van der Waals surface area (Å²) < 4.78 is 0. The van der Waals surface area contributed by atoms with E-state index >= 15 is 0 Å². The molecule has 90 valence electrons. The first kappa shape index (κ1) is 11.9.